The predicted octanol–water partition coefficient (Wildman–Crippen LogP) is 3.48. The number of ether oxygens (including phenoxy) is 2. The Hall–Kier alpha value is -0.930. The summed E-state index contributed by atoms with van der Waals surface area (Å²) in [5.74, 6) is 1.42. The summed E-state index contributed by atoms with van der Waals surface area (Å²) in [6.07, 6.45) is 5.40. The predicted molar refractivity (Wildman–Crippen MR) is 73.5 cm³/mol. The number of methoxy groups -OCH3 is 2. The van der Waals surface area contributed by atoms with E-state index in [4.69, 9.17) is 26.8 Å². The van der Waals surface area contributed by atoms with Crippen LogP contribution in [0.25, 0.3) is 0 Å². The Bertz CT molecular complexity index is 428. The second-order valence-corrected chi connectivity index (χ2v) is 5.28. The van der Waals surface area contributed by atoms with Gasteiger partial charge in [-0.2, -0.15) is 0 Å². The van der Waals surface area contributed by atoms with E-state index in [0.717, 1.165) is 37.0 Å². The summed E-state index contributed by atoms with van der Waals surface area (Å²) in [5, 5.41) is 0.587. The molecule has 0 unspecified atom stereocenters. The summed E-state index contributed by atoms with van der Waals surface area (Å²) in [6, 6.07) is 3.65. The van der Waals surface area contributed by atoms with E-state index in [1.54, 1.807) is 20.3 Å². The highest BCUT2D eigenvalue weighted by atomic mass is 35.5. The van der Waals surface area contributed by atoms with Crippen LogP contribution in [0.3, 0.4) is 0 Å². The standard InChI is InChI=1S/C14H20ClNO2/c1-17-11-7-6-10(15)13(18-2)12(11)14(16)8-4-3-5-9-14/h6-7H,3-5,8-9,16H2,1-2H3. The number of hydrogen-bond acceptors (Lipinski definition) is 3. The first-order valence-electron chi connectivity index (χ1n) is 6.32. The highest BCUT2D eigenvalue weighted by Gasteiger charge is 2.35. The number of rotatable bonds is 3. The van der Waals surface area contributed by atoms with Gasteiger partial charge < -0.3 is 15.2 Å². The van der Waals surface area contributed by atoms with Crippen molar-refractivity contribution in [3.05, 3.63) is 22.7 Å². The monoisotopic (exact) mass is 269 g/mol. The van der Waals surface area contributed by atoms with Gasteiger partial charge in [-0.25, -0.2) is 0 Å². The molecular formula is C14H20ClNO2. The molecule has 0 spiro atoms. The average molecular weight is 270 g/mol. The van der Waals surface area contributed by atoms with Crippen LogP contribution in [0, 0.1) is 0 Å². The maximum absolute atomic E-state index is 6.58. The summed E-state index contributed by atoms with van der Waals surface area (Å²) >= 11 is 6.20. The molecule has 1 aliphatic rings. The number of hydrogen-bond donors (Lipinski definition) is 1. The van der Waals surface area contributed by atoms with Gasteiger partial charge in [0.25, 0.3) is 0 Å². The molecule has 0 bridgehead atoms. The second kappa shape index (κ2) is 5.37. The van der Waals surface area contributed by atoms with E-state index >= 15 is 0 Å². The molecule has 0 atom stereocenters. The van der Waals surface area contributed by atoms with Gasteiger partial charge in [0.2, 0.25) is 0 Å². The lowest BCUT2D eigenvalue weighted by molar-refractivity contribution is 0.276. The molecular weight excluding hydrogens is 250 g/mol. The molecule has 18 heavy (non-hydrogen) atoms. The Labute approximate surface area is 113 Å². The smallest absolute Gasteiger partial charge is 0.146 e. The highest BCUT2D eigenvalue weighted by molar-refractivity contribution is 6.32. The van der Waals surface area contributed by atoms with Crippen molar-refractivity contribution in [3.8, 4) is 11.5 Å². The first-order valence-corrected chi connectivity index (χ1v) is 6.70. The molecule has 0 aliphatic heterocycles. The van der Waals surface area contributed by atoms with Gasteiger partial charge in [0.1, 0.15) is 11.5 Å². The molecule has 1 aromatic rings. The van der Waals surface area contributed by atoms with Crippen molar-refractivity contribution < 1.29 is 9.47 Å². The molecule has 4 heteroatoms. The first kappa shape index (κ1) is 13.5. The Morgan fingerprint density at radius 2 is 1.78 bits per heavy atom. The molecule has 2 N–H and O–H groups in total. The Morgan fingerprint density at radius 3 is 2.33 bits per heavy atom. The molecule has 0 amide bonds. The fourth-order valence-electron chi connectivity index (χ4n) is 2.81. The van der Waals surface area contributed by atoms with Gasteiger partial charge in [-0.05, 0) is 25.0 Å². The third-order valence-corrected chi connectivity index (χ3v) is 4.04. The third-order valence-electron chi connectivity index (χ3n) is 3.74. The number of halogens is 1. The maximum atomic E-state index is 6.58. The third kappa shape index (κ3) is 2.29. The van der Waals surface area contributed by atoms with Gasteiger partial charge in [-0.3, -0.25) is 0 Å². The molecule has 3 nitrogen and oxygen atoms in total. The van der Waals surface area contributed by atoms with E-state index in [1.807, 2.05) is 6.07 Å². The van der Waals surface area contributed by atoms with Crippen LogP contribution in [0.1, 0.15) is 37.7 Å². The molecule has 1 saturated carbocycles. The minimum absolute atomic E-state index is 0.389. The van der Waals surface area contributed by atoms with E-state index in [9.17, 15) is 0 Å². The van der Waals surface area contributed by atoms with Crippen molar-refractivity contribution in [2.24, 2.45) is 5.73 Å². The van der Waals surface area contributed by atoms with E-state index < -0.39 is 0 Å². The first-order chi connectivity index (χ1) is 8.62. The van der Waals surface area contributed by atoms with Crippen LogP contribution in [0.2, 0.25) is 5.02 Å². The molecule has 0 saturated heterocycles. The Balaban J connectivity index is 2.55. The van der Waals surface area contributed by atoms with Crippen LogP contribution in [0.15, 0.2) is 12.1 Å². The lowest BCUT2D eigenvalue weighted by atomic mass is 9.76. The van der Waals surface area contributed by atoms with Crippen LogP contribution in [-0.4, -0.2) is 14.2 Å². The summed E-state index contributed by atoms with van der Waals surface area (Å²) in [4.78, 5) is 0. The largest absolute Gasteiger partial charge is 0.496 e. The minimum atomic E-state index is -0.389. The SMILES string of the molecule is COc1ccc(Cl)c(OC)c1C1(N)CCCCC1. The summed E-state index contributed by atoms with van der Waals surface area (Å²) in [6.45, 7) is 0. The van der Waals surface area contributed by atoms with E-state index in [0.29, 0.717) is 10.8 Å². The van der Waals surface area contributed by atoms with Crippen LogP contribution in [-0.2, 0) is 5.54 Å². The average Bonchev–Trinajstić information content (AvgIpc) is 2.39. The molecule has 2 rings (SSSR count). The quantitative estimate of drug-likeness (QED) is 0.914. The van der Waals surface area contributed by atoms with Crippen molar-refractivity contribution >= 4 is 11.6 Å². The van der Waals surface area contributed by atoms with Crippen molar-refractivity contribution in [1.29, 1.82) is 0 Å². The van der Waals surface area contributed by atoms with Gasteiger partial charge in [-0.1, -0.05) is 30.9 Å². The van der Waals surface area contributed by atoms with E-state index in [1.165, 1.54) is 6.42 Å². The number of benzene rings is 1. The summed E-state index contributed by atoms with van der Waals surface area (Å²) in [5.41, 5.74) is 7.11. The van der Waals surface area contributed by atoms with Gasteiger partial charge in [0.05, 0.1) is 24.8 Å². The van der Waals surface area contributed by atoms with Crippen molar-refractivity contribution in [2.45, 2.75) is 37.6 Å². The lowest BCUT2D eigenvalue weighted by Crippen LogP contribution is -2.39. The van der Waals surface area contributed by atoms with E-state index in [-0.39, 0.29) is 5.54 Å². The van der Waals surface area contributed by atoms with Crippen molar-refractivity contribution in [1.82, 2.24) is 0 Å². The van der Waals surface area contributed by atoms with Gasteiger partial charge in [0, 0.05) is 5.54 Å². The Morgan fingerprint density at radius 1 is 1.11 bits per heavy atom. The van der Waals surface area contributed by atoms with Gasteiger partial charge in [-0.15, -0.1) is 0 Å². The number of nitrogens with two attached hydrogens (primary N) is 1. The fraction of sp³-hybridized carbons (Fsp3) is 0.571. The fourth-order valence-corrected chi connectivity index (χ4v) is 3.05. The van der Waals surface area contributed by atoms with Crippen LogP contribution >= 0.6 is 11.6 Å². The molecule has 0 radical (unpaired) electrons. The van der Waals surface area contributed by atoms with Crippen LogP contribution in [0.4, 0.5) is 0 Å². The molecule has 100 valence electrons. The normalized spacial score (nSPS) is 18.4. The van der Waals surface area contributed by atoms with Gasteiger partial charge in [0.15, 0.2) is 0 Å². The molecule has 1 fully saturated rings. The molecule has 0 heterocycles. The highest BCUT2D eigenvalue weighted by Crippen LogP contribution is 2.46. The zero-order valence-corrected chi connectivity index (χ0v) is 11.7. The zero-order valence-electron chi connectivity index (χ0n) is 11.0. The Kier molecular flexibility index (Phi) is 4.03. The van der Waals surface area contributed by atoms with Gasteiger partial charge >= 0.3 is 0 Å². The lowest BCUT2D eigenvalue weighted by Gasteiger charge is -2.36. The second-order valence-electron chi connectivity index (χ2n) is 4.87. The van der Waals surface area contributed by atoms with Crippen LogP contribution < -0.4 is 15.2 Å². The molecule has 1 aliphatic carbocycles. The summed E-state index contributed by atoms with van der Waals surface area (Å²) < 4.78 is 10.9. The minimum Gasteiger partial charge on any atom is -0.496 e. The van der Waals surface area contributed by atoms with Crippen molar-refractivity contribution in [2.75, 3.05) is 14.2 Å². The van der Waals surface area contributed by atoms with Crippen LogP contribution in [0.5, 0.6) is 11.5 Å². The molecule has 1 aromatic carbocycles. The van der Waals surface area contributed by atoms with Crippen molar-refractivity contribution in [3.63, 3.8) is 0 Å². The topological polar surface area (TPSA) is 44.5 Å². The molecule has 0 aromatic heterocycles. The summed E-state index contributed by atoms with van der Waals surface area (Å²) in [7, 11) is 3.27. The zero-order chi connectivity index (χ0) is 13.2. The maximum Gasteiger partial charge on any atom is 0.146 e. The van der Waals surface area contributed by atoms with E-state index in [2.05, 4.69) is 0 Å².